The number of hydrogen-bond donors (Lipinski definition) is 1. The zero-order valence-corrected chi connectivity index (χ0v) is 13.0. The summed E-state index contributed by atoms with van der Waals surface area (Å²) < 4.78 is 0. The van der Waals surface area contributed by atoms with Crippen LogP contribution in [0.4, 0.5) is 0 Å². The lowest BCUT2D eigenvalue weighted by molar-refractivity contribution is 0.276. The van der Waals surface area contributed by atoms with E-state index >= 15 is 0 Å². The summed E-state index contributed by atoms with van der Waals surface area (Å²) in [5, 5.41) is 13.1. The summed E-state index contributed by atoms with van der Waals surface area (Å²) in [7, 11) is 0. The SMILES string of the molecule is Cc1cccnc1[C@@H]1C[C@@H](C#N)C[C@H](c2ncccc2C)N1. The van der Waals surface area contributed by atoms with Crippen LogP contribution in [0.1, 0.15) is 47.4 Å². The van der Waals surface area contributed by atoms with Crippen molar-refractivity contribution in [2.75, 3.05) is 0 Å². The Morgan fingerprint density at radius 3 is 1.91 bits per heavy atom. The van der Waals surface area contributed by atoms with E-state index in [1.165, 1.54) is 0 Å². The largest absolute Gasteiger partial charge is 0.300 e. The molecule has 0 saturated carbocycles. The molecule has 3 heterocycles. The topological polar surface area (TPSA) is 61.6 Å². The molecule has 112 valence electrons. The summed E-state index contributed by atoms with van der Waals surface area (Å²) in [6, 6.07) is 10.7. The maximum atomic E-state index is 9.44. The highest BCUT2D eigenvalue weighted by molar-refractivity contribution is 5.26. The minimum absolute atomic E-state index is 0.0269. The lowest BCUT2D eigenvalue weighted by Crippen LogP contribution is -2.36. The molecular formula is C18H20N4. The second kappa shape index (κ2) is 6.25. The molecule has 0 amide bonds. The molecule has 1 saturated heterocycles. The highest BCUT2D eigenvalue weighted by atomic mass is 15.0. The van der Waals surface area contributed by atoms with Gasteiger partial charge in [-0.3, -0.25) is 9.97 Å². The van der Waals surface area contributed by atoms with Gasteiger partial charge in [0.2, 0.25) is 0 Å². The molecule has 2 aromatic rings. The van der Waals surface area contributed by atoms with Gasteiger partial charge in [-0.25, -0.2) is 0 Å². The van der Waals surface area contributed by atoms with Crippen LogP contribution in [0.3, 0.4) is 0 Å². The van der Waals surface area contributed by atoms with Crippen LogP contribution >= 0.6 is 0 Å². The molecule has 0 aromatic carbocycles. The number of nitriles is 1. The fourth-order valence-corrected chi connectivity index (χ4v) is 3.26. The van der Waals surface area contributed by atoms with E-state index in [4.69, 9.17) is 0 Å². The van der Waals surface area contributed by atoms with Crippen molar-refractivity contribution in [3.8, 4) is 6.07 Å². The van der Waals surface area contributed by atoms with Crippen molar-refractivity contribution in [2.45, 2.75) is 38.8 Å². The summed E-state index contributed by atoms with van der Waals surface area (Å²) in [6.45, 7) is 4.14. The Kier molecular flexibility index (Phi) is 4.17. The molecule has 0 aliphatic carbocycles. The van der Waals surface area contributed by atoms with Gasteiger partial charge >= 0.3 is 0 Å². The molecule has 1 aliphatic rings. The van der Waals surface area contributed by atoms with Crippen LogP contribution < -0.4 is 5.32 Å². The maximum Gasteiger partial charge on any atom is 0.0657 e. The van der Waals surface area contributed by atoms with Crippen molar-refractivity contribution < 1.29 is 0 Å². The van der Waals surface area contributed by atoms with Crippen LogP contribution in [-0.4, -0.2) is 9.97 Å². The first-order valence-electron chi connectivity index (χ1n) is 7.67. The summed E-state index contributed by atoms with van der Waals surface area (Å²) in [6.07, 6.45) is 5.25. The second-order valence-corrected chi connectivity index (χ2v) is 5.98. The minimum Gasteiger partial charge on any atom is -0.300 e. The zero-order valence-electron chi connectivity index (χ0n) is 13.0. The maximum absolute atomic E-state index is 9.44. The normalized spacial score (nSPS) is 24.7. The molecular weight excluding hydrogens is 272 g/mol. The first kappa shape index (κ1) is 14.7. The highest BCUT2D eigenvalue weighted by Crippen LogP contribution is 2.36. The standard InChI is InChI=1S/C18H20N4/c1-12-5-3-7-20-17(12)15-9-14(11-19)10-16(22-15)18-13(2)6-4-8-21-18/h3-8,14-16,22H,9-10H2,1-2H3/t14-,15+,16-. The van der Waals surface area contributed by atoms with Crippen LogP contribution in [-0.2, 0) is 0 Å². The molecule has 2 aromatic heterocycles. The summed E-state index contributed by atoms with van der Waals surface area (Å²) in [4.78, 5) is 9.06. The third kappa shape index (κ3) is 2.86. The van der Waals surface area contributed by atoms with Gasteiger partial charge in [0.05, 0.1) is 35.5 Å². The number of aryl methyl sites for hydroxylation is 2. The number of pyridine rings is 2. The van der Waals surface area contributed by atoms with E-state index in [2.05, 4.69) is 47.3 Å². The summed E-state index contributed by atoms with van der Waals surface area (Å²) >= 11 is 0. The Labute approximate surface area is 131 Å². The molecule has 4 heteroatoms. The Balaban J connectivity index is 1.93. The van der Waals surface area contributed by atoms with Gasteiger partial charge in [-0.15, -0.1) is 0 Å². The van der Waals surface area contributed by atoms with Gasteiger partial charge in [-0.2, -0.15) is 5.26 Å². The van der Waals surface area contributed by atoms with Gasteiger partial charge in [0.25, 0.3) is 0 Å². The number of nitrogens with one attached hydrogen (secondary N) is 1. The fraction of sp³-hybridized carbons (Fsp3) is 0.389. The number of piperidine rings is 1. The van der Waals surface area contributed by atoms with Crippen molar-refractivity contribution in [3.63, 3.8) is 0 Å². The second-order valence-electron chi connectivity index (χ2n) is 5.98. The minimum atomic E-state index is 0.0269. The number of nitrogens with zero attached hydrogens (tertiary/aromatic N) is 3. The predicted molar refractivity (Wildman–Crippen MR) is 84.9 cm³/mol. The van der Waals surface area contributed by atoms with E-state index in [0.29, 0.717) is 0 Å². The van der Waals surface area contributed by atoms with Crippen molar-refractivity contribution in [1.82, 2.24) is 15.3 Å². The Morgan fingerprint density at radius 1 is 1.00 bits per heavy atom. The van der Waals surface area contributed by atoms with Gasteiger partial charge < -0.3 is 5.32 Å². The molecule has 1 N–H and O–H groups in total. The van der Waals surface area contributed by atoms with Crippen molar-refractivity contribution in [2.24, 2.45) is 5.92 Å². The lowest BCUT2D eigenvalue weighted by Gasteiger charge is -2.34. The molecule has 4 nitrogen and oxygen atoms in total. The predicted octanol–water partition coefficient (Wildman–Crippen LogP) is 3.40. The molecule has 3 atom stereocenters. The quantitative estimate of drug-likeness (QED) is 0.921. The van der Waals surface area contributed by atoms with E-state index in [0.717, 1.165) is 35.4 Å². The van der Waals surface area contributed by atoms with Gasteiger partial charge in [0.1, 0.15) is 0 Å². The third-order valence-electron chi connectivity index (χ3n) is 4.39. The van der Waals surface area contributed by atoms with Gasteiger partial charge in [-0.1, -0.05) is 12.1 Å². The molecule has 1 fully saturated rings. The highest BCUT2D eigenvalue weighted by Gasteiger charge is 2.32. The van der Waals surface area contributed by atoms with Crippen LogP contribution in [0, 0.1) is 31.1 Å². The van der Waals surface area contributed by atoms with E-state index in [9.17, 15) is 5.26 Å². The van der Waals surface area contributed by atoms with Gasteiger partial charge in [-0.05, 0) is 49.9 Å². The van der Waals surface area contributed by atoms with E-state index in [1.54, 1.807) is 0 Å². The third-order valence-corrected chi connectivity index (χ3v) is 4.39. The summed E-state index contributed by atoms with van der Waals surface area (Å²) in [5.41, 5.74) is 4.41. The first-order chi connectivity index (χ1) is 10.7. The van der Waals surface area contributed by atoms with Crippen molar-refractivity contribution in [3.05, 3.63) is 59.2 Å². The molecule has 0 bridgehead atoms. The smallest absolute Gasteiger partial charge is 0.0657 e. The van der Waals surface area contributed by atoms with Gasteiger partial charge in [0.15, 0.2) is 0 Å². The molecule has 22 heavy (non-hydrogen) atoms. The van der Waals surface area contributed by atoms with Crippen LogP contribution in [0.25, 0.3) is 0 Å². The van der Waals surface area contributed by atoms with E-state index < -0.39 is 0 Å². The number of aromatic nitrogens is 2. The van der Waals surface area contributed by atoms with Crippen LogP contribution in [0.2, 0.25) is 0 Å². The number of rotatable bonds is 2. The molecule has 0 spiro atoms. The average molecular weight is 292 g/mol. The van der Waals surface area contributed by atoms with Crippen molar-refractivity contribution in [1.29, 1.82) is 5.26 Å². The fourth-order valence-electron chi connectivity index (χ4n) is 3.26. The Morgan fingerprint density at radius 2 is 1.50 bits per heavy atom. The molecule has 0 unspecified atom stereocenters. The molecule has 0 radical (unpaired) electrons. The van der Waals surface area contributed by atoms with Crippen LogP contribution in [0.15, 0.2) is 36.7 Å². The number of hydrogen-bond acceptors (Lipinski definition) is 4. The molecule has 3 rings (SSSR count). The lowest BCUT2D eigenvalue weighted by atomic mass is 9.84. The van der Waals surface area contributed by atoms with Crippen molar-refractivity contribution >= 4 is 0 Å². The summed E-state index contributed by atoms with van der Waals surface area (Å²) in [5.74, 6) is 0.0269. The van der Waals surface area contributed by atoms with E-state index in [1.807, 2.05) is 24.5 Å². The zero-order chi connectivity index (χ0) is 15.5. The Hall–Kier alpha value is -2.25. The first-order valence-corrected chi connectivity index (χ1v) is 7.67. The average Bonchev–Trinajstić information content (AvgIpc) is 2.55. The molecule has 1 aliphatic heterocycles. The Bertz CT molecular complexity index is 651. The van der Waals surface area contributed by atoms with E-state index in [-0.39, 0.29) is 18.0 Å². The van der Waals surface area contributed by atoms with Crippen LogP contribution in [0.5, 0.6) is 0 Å². The van der Waals surface area contributed by atoms with Gasteiger partial charge in [0, 0.05) is 12.4 Å². The monoisotopic (exact) mass is 292 g/mol.